The third kappa shape index (κ3) is 5.68. The summed E-state index contributed by atoms with van der Waals surface area (Å²) in [5.74, 6) is 1.33. The average Bonchev–Trinajstić information content (AvgIpc) is 2.75. The molecule has 0 aliphatic heterocycles. The van der Waals surface area contributed by atoms with Crippen molar-refractivity contribution >= 4 is 23.1 Å². The highest BCUT2D eigenvalue weighted by Crippen LogP contribution is 2.28. The zero-order chi connectivity index (χ0) is 20.6. The maximum atomic E-state index is 13.0. The second kappa shape index (κ2) is 9.54. The van der Waals surface area contributed by atoms with Gasteiger partial charge in [0.2, 0.25) is 5.91 Å². The molecule has 0 aliphatic carbocycles. The van der Waals surface area contributed by atoms with Crippen molar-refractivity contribution < 1.29 is 18.7 Å². The Morgan fingerprint density at radius 2 is 1.69 bits per heavy atom. The Balaban J connectivity index is 1.52. The lowest BCUT2D eigenvalue weighted by atomic mass is 10.1. The van der Waals surface area contributed by atoms with E-state index < -0.39 is 0 Å². The number of rotatable bonds is 8. The molecule has 0 bridgehead atoms. The quantitative estimate of drug-likeness (QED) is 0.585. The number of hydrogen-bond donors (Lipinski definition) is 2. The van der Waals surface area contributed by atoms with E-state index in [4.69, 9.17) is 9.47 Å². The van der Waals surface area contributed by atoms with Crippen molar-refractivity contribution in [2.45, 2.75) is 12.8 Å². The van der Waals surface area contributed by atoms with Gasteiger partial charge < -0.3 is 20.1 Å². The lowest BCUT2D eigenvalue weighted by molar-refractivity contribution is -0.116. The van der Waals surface area contributed by atoms with Gasteiger partial charge >= 0.3 is 0 Å². The van der Waals surface area contributed by atoms with E-state index in [9.17, 15) is 9.18 Å². The molecule has 1 amide bonds. The predicted octanol–water partition coefficient (Wildman–Crippen LogP) is 4.55. The van der Waals surface area contributed by atoms with E-state index in [0.717, 1.165) is 16.9 Å². The first-order valence-electron chi connectivity index (χ1n) is 9.07. The van der Waals surface area contributed by atoms with Crippen LogP contribution in [0.2, 0.25) is 0 Å². The van der Waals surface area contributed by atoms with Crippen LogP contribution in [0.4, 0.5) is 21.6 Å². The summed E-state index contributed by atoms with van der Waals surface area (Å²) in [6.07, 6.45) is 2.48. The molecule has 0 fully saturated rings. The van der Waals surface area contributed by atoms with Gasteiger partial charge in [-0.05, 0) is 60.5 Å². The van der Waals surface area contributed by atoms with Crippen molar-refractivity contribution in [1.82, 2.24) is 4.98 Å². The molecule has 3 aromatic rings. The van der Waals surface area contributed by atoms with Crippen molar-refractivity contribution in [2.75, 3.05) is 24.9 Å². The second-order valence-corrected chi connectivity index (χ2v) is 6.30. The maximum Gasteiger partial charge on any atom is 0.225 e. The molecule has 150 valence electrons. The molecular formula is C22H22FN3O3. The number of pyridine rings is 1. The Labute approximate surface area is 168 Å². The first-order chi connectivity index (χ1) is 14.1. The molecule has 2 N–H and O–H groups in total. The highest BCUT2D eigenvalue weighted by molar-refractivity contribution is 5.90. The number of methoxy groups -OCH3 is 2. The summed E-state index contributed by atoms with van der Waals surface area (Å²) >= 11 is 0. The molecule has 3 rings (SSSR count). The molecule has 29 heavy (non-hydrogen) atoms. The topological polar surface area (TPSA) is 72.5 Å². The van der Waals surface area contributed by atoms with Crippen LogP contribution in [0.3, 0.4) is 0 Å². The zero-order valence-corrected chi connectivity index (χ0v) is 16.2. The van der Waals surface area contributed by atoms with Gasteiger partial charge in [-0.2, -0.15) is 0 Å². The van der Waals surface area contributed by atoms with E-state index in [1.807, 2.05) is 18.2 Å². The molecule has 0 saturated carbocycles. The van der Waals surface area contributed by atoms with Crippen molar-refractivity contribution in [3.05, 3.63) is 72.2 Å². The minimum Gasteiger partial charge on any atom is -0.493 e. The number of amides is 1. The number of nitrogens with one attached hydrogen (secondary N) is 2. The number of anilines is 3. The van der Waals surface area contributed by atoms with Crippen LogP contribution in [-0.4, -0.2) is 25.1 Å². The Kier molecular flexibility index (Phi) is 6.63. The standard InChI is InChI=1S/C22H22FN3O3/c1-28-19-10-3-15(13-20(19)29-2)4-12-22(27)26-21-11-9-18(14-24-21)25-17-7-5-16(23)6-8-17/h3,5-11,13-14,25H,4,12H2,1-2H3,(H,24,26,27). The molecule has 0 saturated heterocycles. The van der Waals surface area contributed by atoms with Crippen LogP contribution < -0.4 is 20.1 Å². The Morgan fingerprint density at radius 1 is 0.966 bits per heavy atom. The van der Waals surface area contributed by atoms with E-state index in [1.165, 1.54) is 12.1 Å². The van der Waals surface area contributed by atoms with Crippen molar-refractivity contribution in [3.8, 4) is 11.5 Å². The lowest BCUT2D eigenvalue weighted by Crippen LogP contribution is -2.13. The molecule has 6 nitrogen and oxygen atoms in total. The summed E-state index contributed by atoms with van der Waals surface area (Å²) in [7, 11) is 3.16. The fourth-order valence-electron chi connectivity index (χ4n) is 2.74. The SMILES string of the molecule is COc1ccc(CCC(=O)Nc2ccc(Nc3ccc(F)cc3)cn2)cc1OC. The first-order valence-corrected chi connectivity index (χ1v) is 9.07. The minimum absolute atomic E-state index is 0.133. The van der Waals surface area contributed by atoms with Gasteiger partial charge in [0.05, 0.1) is 26.1 Å². The normalized spacial score (nSPS) is 10.3. The summed E-state index contributed by atoms with van der Waals surface area (Å²) in [5.41, 5.74) is 2.46. The highest BCUT2D eigenvalue weighted by atomic mass is 19.1. The number of benzene rings is 2. The largest absolute Gasteiger partial charge is 0.493 e. The Bertz CT molecular complexity index is 960. The third-order valence-corrected chi connectivity index (χ3v) is 4.25. The van der Waals surface area contributed by atoms with Gasteiger partial charge in [0.25, 0.3) is 0 Å². The number of aryl methyl sites for hydroxylation is 1. The van der Waals surface area contributed by atoms with E-state index in [1.54, 1.807) is 44.7 Å². The molecule has 0 aliphatic rings. The number of aromatic nitrogens is 1. The minimum atomic E-state index is -0.292. The molecule has 1 aromatic heterocycles. The fourth-order valence-corrected chi connectivity index (χ4v) is 2.74. The van der Waals surface area contributed by atoms with Crippen molar-refractivity contribution in [3.63, 3.8) is 0 Å². The Morgan fingerprint density at radius 3 is 2.34 bits per heavy atom. The van der Waals surface area contributed by atoms with Crippen LogP contribution in [0.15, 0.2) is 60.8 Å². The molecule has 7 heteroatoms. The van der Waals surface area contributed by atoms with Crippen LogP contribution >= 0.6 is 0 Å². The van der Waals surface area contributed by atoms with Gasteiger partial charge in [-0.1, -0.05) is 6.07 Å². The first kappa shape index (κ1) is 20.1. The van der Waals surface area contributed by atoms with Crippen LogP contribution in [0.5, 0.6) is 11.5 Å². The van der Waals surface area contributed by atoms with Gasteiger partial charge in [-0.3, -0.25) is 4.79 Å². The summed E-state index contributed by atoms with van der Waals surface area (Å²) in [5, 5.41) is 5.89. The van der Waals surface area contributed by atoms with Crippen LogP contribution in [0, 0.1) is 5.82 Å². The number of halogens is 1. The molecule has 0 spiro atoms. The molecule has 1 heterocycles. The average molecular weight is 395 g/mol. The maximum absolute atomic E-state index is 13.0. The highest BCUT2D eigenvalue weighted by Gasteiger charge is 2.08. The predicted molar refractivity (Wildman–Crippen MR) is 110 cm³/mol. The van der Waals surface area contributed by atoms with Crippen molar-refractivity contribution in [2.24, 2.45) is 0 Å². The number of carbonyl (C=O) groups excluding carboxylic acids is 1. The zero-order valence-electron chi connectivity index (χ0n) is 16.2. The van der Waals surface area contributed by atoms with E-state index in [-0.39, 0.29) is 11.7 Å². The molecule has 0 unspecified atom stereocenters. The number of ether oxygens (including phenoxy) is 2. The smallest absolute Gasteiger partial charge is 0.225 e. The van der Waals surface area contributed by atoms with Crippen LogP contribution in [-0.2, 0) is 11.2 Å². The summed E-state index contributed by atoms with van der Waals surface area (Å²) in [4.78, 5) is 16.4. The number of hydrogen-bond acceptors (Lipinski definition) is 5. The number of carbonyl (C=O) groups is 1. The Hall–Kier alpha value is -3.61. The van der Waals surface area contributed by atoms with E-state index in [0.29, 0.717) is 30.2 Å². The fraction of sp³-hybridized carbons (Fsp3) is 0.182. The van der Waals surface area contributed by atoms with E-state index >= 15 is 0 Å². The van der Waals surface area contributed by atoms with E-state index in [2.05, 4.69) is 15.6 Å². The third-order valence-electron chi connectivity index (χ3n) is 4.25. The van der Waals surface area contributed by atoms with Gasteiger partial charge in [-0.25, -0.2) is 9.37 Å². The van der Waals surface area contributed by atoms with Gasteiger partial charge in [-0.15, -0.1) is 0 Å². The summed E-state index contributed by atoms with van der Waals surface area (Å²) in [6, 6.07) is 15.1. The van der Waals surface area contributed by atoms with Gasteiger partial charge in [0.1, 0.15) is 11.6 Å². The molecule has 0 radical (unpaired) electrons. The van der Waals surface area contributed by atoms with Crippen LogP contribution in [0.1, 0.15) is 12.0 Å². The summed E-state index contributed by atoms with van der Waals surface area (Å²) in [6.45, 7) is 0. The summed E-state index contributed by atoms with van der Waals surface area (Å²) < 4.78 is 23.4. The lowest BCUT2D eigenvalue weighted by Gasteiger charge is -2.10. The van der Waals surface area contributed by atoms with Gasteiger partial charge in [0, 0.05) is 12.1 Å². The molecular weight excluding hydrogens is 373 g/mol. The molecule has 0 atom stereocenters. The molecule has 2 aromatic carbocycles. The second-order valence-electron chi connectivity index (χ2n) is 6.30. The monoisotopic (exact) mass is 395 g/mol. The van der Waals surface area contributed by atoms with Crippen molar-refractivity contribution in [1.29, 1.82) is 0 Å². The van der Waals surface area contributed by atoms with Gasteiger partial charge in [0.15, 0.2) is 11.5 Å². The number of nitrogens with zero attached hydrogens (tertiary/aromatic N) is 1. The van der Waals surface area contributed by atoms with Crippen LogP contribution in [0.25, 0.3) is 0 Å².